The number of sulfonamides is 1. The molecule has 0 aromatic heterocycles. The Labute approximate surface area is 178 Å². The number of nitrogens with one attached hydrogen (secondary N) is 1. The number of nitrogens with zero attached hydrogens (tertiary/aromatic N) is 1. The Morgan fingerprint density at radius 3 is 2.54 bits per heavy atom. The average molecular weight is 445 g/mol. The Morgan fingerprint density at radius 1 is 1.21 bits per heavy atom. The van der Waals surface area contributed by atoms with Gasteiger partial charge >= 0.3 is 0 Å². The van der Waals surface area contributed by atoms with Crippen molar-refractivity contribution >= 4 is 34.0 Å². The van der Waals surface area contributed by atoms with Gasteiger partial charge in [-0.1, -0.05) is 54.1 Å². The van der Waals surface area contributed by atoms with Gasteiger partial charge in [0.05, 0.1) is 19.0 Å². The molecular formula is C20H26Cl2N2O3S. The summed E-state index contributed by atoms with van der Waals surface area (Å²) in [6.07, 6.45) is 1.15. The van der Waals surface area contributed by atoms with Crippen molar-refractivity contribution in [3.05, 3.63) is 70.2 Å². The fourth-order valence-electron chi connectivity index (χ4n) is 3.33. The summed E-state index contributed by atoms with van der Waals surface area (Å²) in [5.41, 5.74) is 3.16. The second kappa shape index (κ2) is 10.1. The highest BCUT2D eigenvalue weighted by molar-refractivity contribution is 7.88. The Balaban J connectivity index is 0.00000280. The molecular weight excluding hydrogens is 419 g/mol. The van der Waals surface area contributed by atoms with E-state index in [9.17, 15) is 8.42 Å². The molecule has 1 N–H and O–H groups in total. The maximum absolute atomic E-state index is 11.4. The predicted octanol–water partition coefficient (Wildman–Crippen LogP) is 3.95. The van der Waals surface area contributed by atoms with Gasteiger partial charge in [-0.3, -0.25) is 4.90 Å². The molecule has 1 saturated heterocycles. The van der Waals surface area contributed by atoms with E-state index in [1.54, 1.807) is 0 Å². The molecule has 2 aromatic carbocycles. The number of benzene rings is 2. The van der Waals surface area contributed by atoms with Crippen LogP contribution in [0.4, 0.5) is 0 Å². The van der Waals surface area contributed by atoms with Gasteiger partial charge in [0, 0.05) is 36.3 Å². The molecule has 0 aliphatic carbocycles. The van der Waals surface area contributed by atoms with E-state index in [0.717, 1.165) is 35.8 Å². The van der Waals surface area contributed by atoms with Gasteiger partial charge < -0.3 is 4.74 Å². The van der Waals surface area contributed by atoms with E-state index in [4.69, 9.17) is 16.3 Å². The zero-order chi connectivity index (χ0) is 19.4. The number of rotatable bonds is 6. The van der Waals surface area contributed by atoms with Gasteiger partial charge in [0.2, 0.25) is 10.0 Å². The number of hydrogen-bond donors (Lipinski definition) is 1. The SMILES string of the molecule is C[C@@H](NS(C)(=O)=O)c1ccc(CN2CCOC(c3ccccc3Cl)C2)cc1.Cl. The lowest BCUT2D eigenvalue weighted by Crippen LogP contribution is -2.37. The van der Waals surface area contributed by atoms with Crippen LogP contribution in [0.2, 0.25) is 5.02 Å². The Morgan fingerprint density at radius 2 is 1.89 bits per heavy atom. The molecule has 0 bridgehead atoms. The van der Waals surface area contributed by atoms with Crippen LogP contribution in [0.1, 0.15) is 35.8 Å². The van der Waals surface area contributed by atoms with Crippen molar-refractivity contribution in [1.82, 2.24) is 9.62 Å². The van der Waals surface area contributed by atoms with Gasteiger partial charge in [0.15, 0.2) is 0 Å². The average Bonchev–Trinajstić information content (AvgIpc) is 2.61. The molecule has 1 aliphatic heterocycles. The van der Waals surface area contributed by atoms with Crippen molar-refractivity contribution in [3.63, 3.8) is 0 Å². The first-order chi connectivity index (χ1) is 12.8. The van der Waals surface area contributed by atoms with E-state index in [1.807, 2.05) is 43.3 Å². The predicted molar refractivity (Wildman–Crippen MR) is 116 cm³/mol. The number of morpholine rings is 1. The van der Waals surface area contributed by atoms with Crippen LogP contribution >= 0.6 is 24.0 Å². The highest BCUT2D eigenvalue weighted by Crippen LogP contribution is 2.29. The van der Waals surface area contributed by atoms with Crippen LogP contribution in [0.3, 0.4) is 0 Å². The van der Waals surface area contributed by atoms with Crippen molar-refractivity contribution in [2.45, 2.75) is 25.6 Å². The Kier molecular flexibility index (Phi) is 8.30. The van der Waals surface area contributed by atoms with E-state index in [0.29, 0.717) is 6.61 Å². The molecule has 1 aliphatic rings. The Hall–Kier alpha value is -1.15. The Bertz CT molecular complexity index is 875. The van der Waals surface area contributed by atoms with Crippen LogP contribution in [-0.2, 0) is 21.3 Å². The van der Waals surface area contributed by atoms with Crippen LogP contribution < -0.4 is 4.72 Å². The number of halogens is 2. The van der Waals surface area contributed by atoms with Crippen LogP contribution in [0.15, 0.2) is 48.5 Å². The van der Waals surface area contributed by atoms with Crippen LogP contribution in [0.25, 0.3) is 0 Å². The molecule has 0 radical (unpaired) electrons. The molecule has 0 saturated carbocycles. The van der Waals surface area contributed by atoms with Gasteiger partial charge in [0.25, 0.3) is 0 Å². The molecule has 5 nitrogen and oxygen atoms in total. The highest BCUT2D eigenvalue weighted by Gasteiger charge is 2.23. The normalized spacial score (nSPS) is 19.0. The molecule has 8 heteroatoms. The van der Waals surface area contributed by atoms with Gasteiger partial charge in [-0.2, -0.15) is 0 Å². The highest BCUT2D eigenvalue weighted by atomic mass is 35.5. The molecule has 0 spiro atoms. The van der Waals surface area contributed by atoms with Gasteiger partial charge in [0.1, 0.15) is 0 Å². The van der Waals surface area contributed by atoms with Crippen molar-refractivity contribution in [2.75, 3.05) is 26.0 Å². The van der Waals surface area contributed by atoms with Crippen LogP contribution in [-0.4, -0.2) is 39.3 Å². The molecule has 1 fully saturated rings. The molecule has 2 atom stereocenters. The first-order valence-electron chi connectivity index (χ1n) is 8.96. The summed E-state index contributed by atoms with van der Waals surface area (Å²) in [5.74, 6) is 0. The molecule has 2 aromatic rings. The van der Waals surface area contributed by atoms with Crippen LogP contribution in [0, 0.1) is 0 Å². The minimum Gasteiger partial charge on any atom is -0.371 e. The van der Waals surface area contributed by atoms with Crippen molar-refractivity contribution in [3.8, 4) is 0 Å². The summed E-state index contributed by atoms with van der Waals surface area (Å²) >= 11 is 6.31. The summed E-state index contributed by atoms with van der Waals surface area (Å²) in [6.45, 7) is 4.99. The molecule has 1 heterocycles. The second-order valence-electron chi connectivity index (χ2n) is 6.97. The summed E-state index contributed by atoms with van der Waals surface area (Å²) in [4.78, 5) is 2.35. The molecule has 0 amide bonds. The summed E-state index contributed by atoms with van der Waals surface area (Å²) in [6, 6.07) is 15.6. The maximum atomic E-state index is 11.4. The fourth-order valence-corrected chi connectivity index (χ4v) is 4.37. The maximum Gasteiger partial charge on any atom is 0.209 e. The largest absolute Gasteiger partial charge is 0.371 e. The smallest absolute Gasteiger partial charge is 0.209 e. The number of hydrogen-bond acceptors (Lipinski definition) is 4. The summed E-state index contributed by atoms with van der Waals surface area (Å²) < 4.78 is 31.3. The minimum absolute atomic E-state index is 0. The fraction of sp³-hybridized carbons (Fsp3) is 0.400. The van der Waals surface area contributed by atoms with E-state index in [1.165, 1.54) is 11.8 Å². The van der Waals surface area contributed by atoms with Gasteiger partial charge in [-0.05, 0) is 24.1 Å². The monoisotopic (exact) mass is 444 g/mol. The minimum atomic E-state index is -3.22. The zero-order valence-electron chi connectivity index (χ0n) is 16.0. The zero-order valence-corrected chi connectivity index (χ0v) is 18.4. The van der Waals surface area contributed by atoms with E-state index in [2.05, 4.69) is 21.8 Å². The standard InChI is InChI=1S/C20H25ClN2O3S.ClH/c1-15(22-27(2,24)25)17-9-7-16(8-10-17)13-23-11-12-26-20(14-23)18-5-3-4-6-19(18)21;/h3-10,15,20,22H,11-14H2,1-2H3;1H/t15-,20?;/m1./s1. The first kappa shape index (κ1) is 23.1. The van der Waals surface area contributed by atoms with E-state index in [-0.39, 0.29) is 24.6 Å². The molecule has 154 valence electrons. The molecule has 1 unspecified atom stereocenters. The summed E-state index contributed by atoms with van der Waals surface area (Å²) in [5, 5.41) is 0.737. The summed E-state index contributed by atoms with van der Waals surface area (Å²) in [7, 11) is -3.22. The lowest BCUT2D eigenvalue weighted by atomic mass is 10.1. The third-order valence-electron chi connectivity index (χ3n) is 4.68. The van der Waals surface area contributed by atoms with E-state index >= 15 is 0 Å². The van der Waals surface area contributed by atoms with Gasteiger partial charge in [-0.15, -0.1) is 12.4 Å². The second-order valence-corrected chi connectivity index (χ2v) is 9.16. The molecule has 28 heavy (non-hydrogen) atoms. The lowest BCUT2D eigenvalue weighted by molar-refractivity contribution is -0.0328. The lowest BCUT2D eigenvalue weighted by Gasteiger charge is -2.33. The van der Waals surface area contributed by atoms with E-state index < -0.39 is 10.0 Å². The van der Waals surface area contributed by atoms with Gasteiger partial charge in [-0.25, -0.2) is 13.1 Å². The number of ether oxygens (including phenoxy) is 1. The topological polar surface area (TPSA) is 58.6 Å². The van der Waals surface area contributed by atoms with Crippen LogP contribution in [0.5, 0.6) is 0 Å². The van der Waals surface area contributed by atoms with Crippen molar-refractivity contribution < 1.29 is 13.2 Å². The van der Waals surface area contributed by atoms with Crippen molar-refractivity contribution in [1.29, 1.82) is 0 Å². The first-order valence-corrected chi connectivity index (χ1v) is 11.2. The molecule has 3 rings (SSSR count). The van der Waals surface area contributed by atoms with Crippen molar-refractivity contribution in [2.24, 2.45) is 0 Å². The third-order valence-corrected chi connectivity index (χ3v) is 5.81. The third kappa shape index (κ3) is 6.44. The quantitative estimate of drug-likeness (QED) is 0.732.